The zero-order chi connectivity index (χ0) is 16.8. The molecule has 0 spiro atoms. The second kappa shape index (κ2) is 14.5. The van der Waals surface area contributed by atoms with E-state index in [4.69, 9.17) is 0 Å². The summed E-state index contributed by atoms with van der Waals surface area (Å²) in [7, 11) is 0. The molecule has 0 aliphatic heterocycles. The molecule has 3 nitrogen and oxygen atoms in total. The molecule has 0 bridgehead atoms. The third-order valence-electron chi connectivity index (χ3n) is 4.80. The Morgan fingerprint density at radius 3 is 1.55 bits per heavy atom. The van der Waals surface area contributed by atoms with E-state index in [0.717, 1.165) is 24.9 Å². The van der Waals surface area contributed by atoms with Gasteiger partial charge in [-0.05, 0) is 24.7 Å². The van der Waals surface area contributed by atoms with Gasteiger partial charge in [0.1, 0.15) is 0 Å². The Kier molecular flexibility index (Phi) is 14.4. The van der Waals surface area contributed by atoms with Gasteiger partial charge in [0.25, 0.3) is 0 Å². The molecule has 0 radical (unpaired) electrons. The highest BCUT2D eigenvalue weighted by atomic mass is 16.3. The van der Waals surface area contributed by atoms with Crippen LogP contribution in [-0.2, 0) is 0 Å². The van der Waals surface area contributed by atoms with Crippen LogP contribution in [0.15, 0.2) is 0 Å². The van der Waals surface area contributed by atoms with E-state index in [1.165, 1.54) is 51.4 Å². The van der Waals surface area contributed by atoms with E-state index < -0.39 is 6.10 Å². The lowest BCUT2D eigenvalue weighted by Gasteiger charge is -2.31. The van der Waals surface area contributed by atoms with Crippen LogP contribution in [0.1, 0.15) is 79.1 Å². The molecule has 0 aromatic carbocycles. The minimum absolute atomic E-state index is 0.131. The van der Waals surface area contributed by atoms with Gasteiger partial charge in [0.2, 0.25) is 0 Å². The number of hydrogen-bond donors (Lipinski definition) is 2. The van der Waals surface area contributed by atoms with Crippen molar-refractivity contribution in [3.05, 3.63) is 0 Å². The first kappa shape index (κ1) is 21.9. The molecule has 0 saturated heterocycles. The lowest BCUT2D eigenvalue weighted by molar-refractivity contribution is 0.0466. The fourth-order valence-electron chi connectivity index (χ4n) is 3.14. The summed E-state index contributed by atoms with van der Waals surface area (Å²) in [6, 6.07) is 0. The maximum atomic E-state index is 9.86. The van der Waals surface area contributed by atoms with Crippen molar-refractivity contribution < 1.29 is 10.2 Å². The molecular formula is C19H41NO2. The van der Waals surface area contributed by atoms with E-state index in [-0.39, 0.29) is 6.61 Å². The molecule has 0 aliphatic rings. The van der Waals surface area contributed by atoms with E-state index in [1.54, 1.807) is 0 Å². The molecule has 0 saturated carbocycles. The highest BCUT2D eigenvalue weighted by Crippen LogP contribution is 2.19. The van der Waals surface area contributed by atoms with Crippen LogP contribution in [0, 0.1) is 11.8 Å². The molecule has 0 aliphatic carbocycles. The van der Waals surface area contributed by atoms with Crippen molar-refractivity contribution >= 4 is 0 Å². The molecule has 3 heteroatoms. The third kappa shape index (κ3) is 10.6. The van der Waals surface area contributed by atoms with Gasteiger partial charge in [-0.1, -0.05) is 66.2 Å². The first-order chi connectivity index (χ1) is 10.6. The number of aliphatic hydroxyl groups is 2. The second-order valence-electron chi connectivity index (χ2n) is 6.89. The molecule has 0 rings (SSSR count). The van der Waals surface area contributed by atoms with Crippen molar-refractivity contribution in [2.45, 2.75) is 85.2 Å². The van der Waals surface area contributed by atoms with Crippen LogP contribution in [0.25, 0.3) is 0 Å². The zero-order valence-electron chi connectivity index (χ0n) is 15.6. The Hall–Kier alpha value is -0.120. The van der Waals surface area contributed by atoms with E-state index in [2.05, 4.69) is 32.6 Å². The minimum Gasteiger partial charge on any atom is -0.394 e. The predicted octanol–water partition coefficient (Wildman–Crippen LogP) is 4.07. The normalized spacial score (nSPS) is 16.0. The van der Waals surface area contributed by atoms with Gasteiger partial charge in [-0.2, -0.15) is 0 Å². The summed E-state index contributed by atoms with van der Waals surface area (Å²) in [6.45, 7) is 11.7. The van der Waals surface area contributed by atoms with Crippen LogP contribution < -0.4 is 0 Å². The number of hydrogen-bond acceptors (Lipinski definition) is 3. The molecule has 0 fully saturated rings. The zero-order valence-corrected chi connectivity index (χ0v) is 15.6. The summed E-state index contributed by atoms with van der Waals surface area (Å²) in [6.07, 6.45) is 9.47. The Bertz CT molecular complexity index is 217. The lowest BCUT2D eigenvalue weighted by atomic mass is 9.95. The van der Waals surface area contributed by atoms with Gasteiger partial charge < -0.3 is 15.1 Å². The summed E-state index contributed by atoms with van der Waals surface area (Å²) < 4.78 is 0. The van der Waals surface area contributed by atoms with Gasteiger partial charge in [-0.15, -0.1) is 0 Å². The SMILES string of the molecule is CCCCC(CC)CN(CC(O)CO)CC(CC)CCCC. The first-order valence-electron chi connectivity index (χ1n) is 9.62. The van der Waals surface area contributed by atoms with Crippen molar-refractivity contribution in [3.63, 3.8) is 0 Å². The Labute approximate surface area is 139 Å². The summed E-state index contributed by atoms with van der Waals surface area (Å²) >= 11 is 0. The van der Waals surface area contributed by atoms with Crippen molar-refractivity contribution in [3.8, 4) is 0 Å². The number of nitrogens with zero attached hydrogens (tertiary/aromatic N) is 1. The molecule has 0 aromatic heterocycles. The molecule has 2 N–H and O–H groups in total. The number of aliphatic hydroxyl groups excluding tert-OH is 2. The van der Waals surface area contributed by atoms with Crippen LogP contribution in [0.5, 0.6) is 0 Å². The van der Waals surface area contributed by atoms with Crippen LogP contribution in [-0.4, -0.2) is 47.5 Å². The molecule has 0 heterocycles. The van der Waals surface area contributed by atoms with Crippen LogP contribution in [0.4, 0.5) is 0 Å². The standard InChI is InChI=1S/C19H41NO2/c1-5-9-11-17(7-3)13-20(15-19(22)16-21)14-18(8-4)12-10-6-2/h17-19,21-22H,5-16H2,1-4H3. The molecule has 134 valence electrons. The number of unbranched alkanes of at least 4 members (excludes halogenated alkanes) is 2. The topological polar surface area (TPSA) is 43.7 Å². The van der Waals surface area contributed by atoms with Crippen molar-refractivity contribution in [2.24, 2.45) is 11.8 Å². The van der Waals surface area contributed by atoms with Crippen molar-refractivity contribution in [1.82, 2.24) is 4.90 Å². The molecule has 0 amide bonds. The van der Waals surface area contributed by atoms with Crippen molar-refractivity contribution in [1.29, 1.82) is 0 Å². The molecule has 3 unspecified atom stereocenters. The fourth-order valence-corrected chi connectivity index (χ4v) is 3.14. The van der Waals surface area contributed by atoms with E-state index >= 15 is 0 Å². The summed E-state index contributed by atoms with van der Waals surface area (Å²) in [5.74, 6) is 1.43. The van der Waals surface area contributed by atoms with Gasteiger partial charge in [-0.25, -0.2) is 0 Å². The first-order valence-corrected chi connectivity index (χ1v) is 9.62. The number of rotatable bonds is 15. The fraction of sp³-hybridized carbons (Fsp3) is 1.00. The van der Waals surface area contributed by atoms with Crippen LogP contribution in [0.3, 0.4) is 0 Å². The highest BCUT2D eigenvalue weighted by Gasteiger charge is 2.19. The Morgan fingerprint density at radius 2 is 1.23 bits per heavy atom. The van der Waals surface area contributed by atoms with Gasteiger partial charge in [0.15, 0.2) is 0 Å². The molecular weight excluding hydrogens is 274 g/mol. The molecule has 22 heavy (non-hydrogen) atoms. The van der Waals surface area contributed by atoms with Crippen molar-refractivity contribution in [2.75, 3.05) is 26.2 Å². The largest absolute Gasteiger partial charge is 0.394 e. The quantitative estimate of drug-likeness (QED) is 0.479. The Balaban J connectivity index is 4.56. The predicted molar refractivity (Wildman–Crippen MR) is 96.1 cm³/mol. The maximum absolute atomic E-state index is 9.86. The average Bonchev–Trinajstić information content (AvgIpc) is 2.54. The summed E-state index contributed by atoms with van der Waals surface area (Å²) in [5, 5.41) is 19.0. The monoisotopic (exact) mass is 315 g/mol. The van der Waals surface area contributed by atoms with Gasteiger partial charge >= 0.3 is 0 Å². The van der Waals surface area contributed by atoms with Gasteiger partial charge in [0, 0.05) is 19.6 Å². The van der Waals surface area contributed by atoms with E-state index in [9.17, 15) is 10.2 Å². The van der Waals surface area contributed by atoms with Crippen LogP contribution in [0.2, 0.25) is 0 Å². The second-order valence-corrected chi connectivity index (χ2v) is 6.89. The van der Waals surface area contributed by atoms with Crippen LogP contribution >= 0.6 is 0 Å². The molecule has 3 atom stereocenters. The van der Waals surface area contributed by atoms with Gasteiger partial charge in [0.05, 0.1) is 12.7 Å². The summed E-state index contributed by atoms with van der Waals surface area (Å²) in [4.78, 5) is 2.41. The minimum atomic E-state index is -0.604. The smallest absolute Gasteiger partial charge is 0.0897 e. The molecule has 0 aromatic rings. The van der Waals surface area contributed by atoms with E-state index in [1.807, 2.05) is 0 Å². The van der Waals surface area contributed by atoms with Gasteiger partial charge in [-0.3, -0.25) is 0 Å². The third-order valence-corrected chi connectivity index (χ3v) is 4.80. The van der Waals surface area contributed by atoms with E-state index in [0.29, 0.717) is 6.54 Å². The maximum Gasteiger partial charge on any atom is 0.0897 e. The lowest BCUT2D eigenvalue weighted by Crippen LogP contribution is -2.40. The Morgan fingerprint density at radius 1 is 0.773 bits per heavy atom. The highest BCUT2D eigenvalue weighted by molar-refractivity contribution is 4.72. The average molecular weight is 316 g/mol. The summed E-state index contributed by atoms with van der Waals surface area (Å²) in [5.41, 5.74) is 0.